The van der Waals surface area contributed by atoms with E-state index in [1.807, 2.05) is 13.8 Å². The van der Waals surface area contributed by atoms with Crippen molar-refractivity contribution in [2.75, 3.05) is 13.7 Å². The highest BCUT2D eigenvalue weighted by Gasteiger charge is 2.34. The number of nitrogens with zero attached hydrogens (tertiary/aromatic N) is 2. The summed E-state index contributed by atoms with van der Waals surface area (Å²) < 4.78 is 38.1. The molecule has 46 heavy (non-hydrogen) atoms. The molecule has 0 fully saturated rings. The molecular formula is C34H31Cl2FN2O6S. The number of carbonyl (C=O) groups is 1. The van der Waals surface area contributed by atoms with Crippen LogP contribution in [0.1, 0.15) is 50.4 Å². The molecule has 1 aromatic heterocycles. The monoisotopic (exact) mass is 684 g/mol. The van der Waals surface area contributed by atoms with Crippen molar-refractivity contribution in [2.24, 2.45) is 4.99 Å². The second-order valence-corrected chi connectivity index (χ2v) is 12.5. The van der Waals surface area contributed by atoms with Gasteiger partial charge in [0.2, 0.25) is 0 Å². The van der Waals surface area contributed by atoms with E-state index in [0.29, 0.717) is 48.4 Å². The summed E-state index contributed by atoms with van der Waals surface area (Å²) in [5, 5.41) is 0.579. The Morgan fingerprint density at radius 1 is 1.11 bits per heavy atom. The van der Waals surface area contributed by atoms with Crippen LogP contribution >= 0.6 is 34.5 Å². The third-order valence-corrected chi connectivity index (χ3v) is 8.49. The lowest BCUT2D eigenvalue weighted by molar-refractivity contribution is -0.139. The van der Waals surface area contributed by atoms with Crippen LogP contribution in [0.4, 0.5) is 4.39 Å². The van der Waals surface area contributed by atoms with Gasteiger partial charge < -0.3 is 18.9 Å². The first-order valence-electron chi connectivity index (χ1n) is 14.4. The van der Waals surface area contributed by atoms with E-state index < -0.39 is 17.6 Å². The van der Waals surface area contributed by atoms with Crippen LogP contribution < -0.4 is 29.1 Å². The molecule has 240 valence electrons. The molecule has 5 rings (SSSR count). The Hall–Kier alpha value is -4.12. The molecule has 8 nitrogen and oxygen atoms in total. The molecule has 1 aliphatic rings. The fourth-order valence-electron chi connectivity index (χ4n) is 5.03. The normalized spacial score (nSPS) is 14.6. The predicted molar refractivity (Wildman–Crippen MR) is 176 cm³/mol. The lowest BCUT2D eigenvalue weighted by atomic mass is 9.95. The number of aromatic nitrogens is 1. The zero-order valence-electron chi connectivity index (χ0n) is 25.7. The van der Waals surface area contributed by atoms with Gasteiger partial charge in [-0.2, -0.15) is 0 Å². The molecule has 0 aliphatic carbocycles. The van der Waals surface area contributed by atoms with Crippen molar-refractivity contribution < 1.29 is 28.1 Å². The van der Waals surface area contributed by atoms with Crippen LogP contribution in [0.2, 0.25) is 10.0 Å². The number of methoxy groups -OCH3 is 1. The van der Waals surface area contributed by atoms with E-state index in [-0.39, 0.29) is 35.7 Å². The van der Waals surface area contributed by atoms with Gasteiger partial charge in [0.25, 0.3) is 5.56 Å². The van der Waals surface area contributed by atoms with E-state index >= 15 is 0 Å². The third kappa shape index (κ3) is 6.99. The molecule has 0 amide bonds. The maximum atomic E-state index is 14.2. The Morgan fingerprint density at radius 3 is 2.52 bits per heavy atom. The van der Waals surface area contributed by atoms with Gasteiger partial charge in [0.15, 0.2) is 16.3 Å². The molecule has 1 atom stereocenters. The lowest BCUT2D eigenvalue weighted by Gasteiger charge is -2.25. The lowest BCUT2D eigenvalue weighted by Crippen LogP contribution is -2.40. The maximum Gasteiger partial charge on any atom is 0.338 e. The van der Waals surface area contributed by atoms with Crippen molar-refractivity contribution in [3.8, 4) is 17.2 Å². The quantitative estimate of drug-likeness (QED) is 0.175. The zero-order chi connectivity index (χ0) is 33.1. The van der Waals surface area contributed by atoms with Crippen molar-refractivity contribution >= 4 is 46.6 Å². The van der Waals surface area contributed by atoms with Gasteiger partial charge in [-0.3, -0.25) is 9.36 Å². The Morgan fingerprint density at radius 2 is 1.85 bits per heavy atom. The number of ether oxygens (including phenoxy) is 4. The van der Waals surface area contributed by atoms with Crippen LogP contribution in [0.15, 0.2) is 75.7 Å². The van der Waals surface area contributed by atoms with Crippen molar-refractivity contribution in [1.82, 2.24) is 4.57 Å². The van der Waals surface area contributed by atoms with Crippen LogP contribution in [-0.4, -0.2) is 30.4 Å². The average Bonchev–Trinajstić information content (AvgIpc) is 3.30. The molecule has 4 aromatic rings. The number of thiazole rings is 1. The Labute approximate surface area is 278 Å². The molecule has 3 aromatic carbocycles. The number of benzene rings is 3. The van der Waals surface area contributed by atoms with E-state index in [1.165, 1.54) is 29.9 Å². The van der Waals surface area contributed by atoms with Crippen LogP contribution in [0.25, 0.3) is 6.08 Å². The topological polar surface area (TPSA) is 88.4 Å². The summed E-state index contributed by atoms with van der Waals surface area (Å²) in [6.07, 6.45) is 1.53. The molecule has 0 bridgehead atoms. The van der Waals surface area contributed by atoms with Gasteiger partial charge in [0, 0.05) is 10.6 Å². The molecule has 0 N–H and O–H groups in total. The van der Waals surface area contributed by atoms with E-state index in [0.717, 1.165) is 16.9 Å². The summed E-state index contributed by atoms with van der Waals surface area (Å²) >= 11 is 14.1. The number of hydrogen-bond acceptors (Lipinski definition) is 8. The minimum Gasteiger partial charge on any atom is -0.493 e. The largest absolute Gasteiger partial charge is 0.493 e. The number of hydrogen-bond donors (Lipinski definition) is 0. The van der Waals surface area contributed by atoms with Crippen molar-refractivity contribution in [3.63, 3.8) is 0 Å². The van der Waals surface area contributed by atoms with E-state index in [4.69, 9.17) is 42.1 Å². The van der Waals surface area contributed by atoms with Crippen molar-refractivity contribution in [3.05, 3.63) is 118 Å². The van der Waals surface area contributed by atoms with Gasteiger partial charge in [-0.25, -0.2) is 14.2 Å². The smallest absolute Gasteiger partial charge is 0.338 e. The zero-order valence-corrected chi connectivity index (χ0v) is 28.1. The molecule has 2 heterocycles. The molecule has 0 saturated carbocycles. The summed E-state index contributed by atoms with van der Waals surface area (Å²) in [7, 11) is 1.52. The van der Waals surface area contributed by atoms with Crippen LogP contribution in [-0.2, 0) is 16.1 Å². The number of fused-ring (bicyclic) bond motifs is 1. The molecule has 0 radical (unpaired) electrons. The number of allylic oxidation sites excluding steroid dienone is 1. The molecule has 1 aliphatic heterocycles. The fraction of sp³-hybridized carbons (Fsp3) is 0.265. The van der Waals surface area contributed by atoms with Gasteiger partial charge in [-0.05, 0) is 81.3 Å². The number of esters is 1. The molecular weight excluding hydrogens is 654 g/mol. The third-order valence-electron chi connectivity index (χ3n) is 7.00. The second-order valence-electron chi connectivity index (χ2n) is 10.6. The summed E-state index contributed by atoms with van der Waals surface area (Å²) in [6.45, 7) is 7.48. The molecule has 0 unspecified atom stereocenters. The van der Waals surface area contributed by atoms with Crippen LogP contribution in [0.5, 0.6) is 17.2 Å². The van der Waals surface area contributed by atoms with E-state index in [2.05, 4.69) is 4.99 Å². The van der Waals surface area contributed by atoms with Gasteiger partial charge in [-0.15, -0.1) is 0 Å². The highest BCUT2D eigenvalue weighted by molar-refractivity contribution is 7.07. The summed E-state index contributed by atoms with van der Waals surface area (Å²) in [4.78, 5) is 32.5. The van der Waals surface area contributed by atoms with Crippen LogP contribution in [0.3, 0.4) is 0 Å². The SMILES string of the molecule is CCOC(=O)C1=C(C)N=c2s/c(=C/c3cc(Cl)cc(Cl)c3OCc3ccc(F)cc3)c(=O)n2[C@H]1c1ccc(OC(C)C)c(OC)c1. The highest BCUT2D eigenvalue weighted by Crippen LogP contribution is 2.37. The van der Waals surface area contributed by atoms with Crippen LogP contribution in [0, 0.1) is 5.82 Å². The molecule has 0 spiro atoms. The fourth-order valence-corrected chi connectivity index (χ4v) is 6.63. The van der Waals surface area contributed by atoms with Gasteiger partial charge in [-0.1, -0.05) is 52.7 Å². The minimum absolute atomic E-state index is 0.0980. The second kappa shape index (κ2) is 14.1. The Bertz CT molecular complexity index is 2000. The first kappa shape index (κ1) is 33.2. The molecule has 0 saturated heterocycles. The maximum absolute atomic E-state index is 14.2. The van der Waals surface area contributed by atoms with Gasteiger partial charge in [0.1, 0.15) is 18.2 Å². The summed E-state index contributed by atoms with van der Waals surface area (Å²) in [6, 6.07) is 13.5. The molecule has 12 heteroatoms. The van der Waals surface area contributed by atoms with E-state index in [1.54, 1.807) is 56.3 Å². The first-order valence-corrected chi connectivity index (χ1v) is 16.0. The Kier molecular flexibility index (Phi) is 10.2. The number of halogens is 3. The highest BCUT2D eigenvalue weighted by atomic mass is 35.5. The Balaban J connectivity index is 1.66. The average molecular weight is 686 g/mol. The van der Waals surface area contributed by atoms with Gasteiger partial charge in [0.05, 0.1) is 46.7 Å². The standard InChI is InChI=1S/C34H31Cl2FN2O6S/c1-6-43-33(41)29-19(4)38-34-39(30(29)21-9-12-26(45-18(2)3)27(14-21)42-5)32(40)28(46-34)15-22-13-23(35)16-25(36)31(22)44-17-20-7-10-24(37)11-8-20/h7-16,18,30H,6,17H2,1-5H3/b28-15+/t30-/m0/s1. The predicted octanol–water partition coefficient (Wildman–Crippen LogP) is 6.62. The van der Waals surface area contributed by atoms with Crippen molar-refractivity contribution in [2.45, 2.75) is 46.4 Å². The summed E-state index contributed by atoms with van der Waals surface area (Å²) in [5.41, 5.74) is 2.04. The first-order chi connectivity index (χ1) is 22.0. The van der Waals surface area contributed by atoms with E-state index in [9.17, 15) is 14.0 Å². The number of rotatable bonds is 10. The van der Waals surface area contributed by atoms with Gasteiger partial charge >= 0.3 is 5.97 Å². The number of carbonyl (C=O) groups excluding carboxylic acids is 1. The minimum atomic E-state index is -0.864. The summed E-state index contributed by atoms with van der Waals surface area (Å²) in [5.74, 6) is 0.331. The van der Waals surface area contributed by atoms with Crippen molar-refractivity contribution in [1.29, 1.82) is 0 Å².